The van der Waals surface area contributed by atoms with Crippen molar-refractivity contribution in [3.63, 3.8) is 0 Å². The maximum Gasteiger partial charge on any atom is 0.200 e. The minimum absolute atomic E-state index is 0.144. The van der Waals surface area contributed by atoms with E-state index < -0.39 is 0 Å². The van der Waals surface area contributed by atoms with Crippen LogP contribution in [-0.4, -0.2) is 7.11 Å². The zero-order valence-corrected chi connectivity index (χ0v) is 6.18. The van der Waals surface area contributed by atoms with Crippen LogP contribution in [0.25, 0.3) is 0 Å². The second-order valence-electron chi connectivity index (χ2n) is 1.77. The van der Waals surface area contributed by atoms with Crippen LogP contribution in [0.4, 0.5) is 0 Å². The van der Waals surface area contributed by atoms with Crippen LogP contribution in [0.3, 0.4) is 0 Å². The van der Waals surface area contributed by atoms with E-state index in [0.717, 1.165) is 0 Å². The van der Waals surface area contributed by atoms with Crippen LogP contribution in [0.1, 0.15) is 0 Å². The van der Waals surface area contributed by atoms with E-state index in [0.29, 0.717) is 5.75 Å². The first-order valence-electron chi connectivity index (χ1n) is 2.75. The van der Waals surface area contributed by atoms with Crippen molar-refractivity contribution in [2.75, 3.05) is 7.11 Å². The molecular formula is C7H6ClO2. The van der Waals surface area contributed by atoms with Crippen molar-refractivity contribution < 1.29 is 9.84 Å². The van der Waals surface area contributed by atoms with E-state index in [1.165, 1.54) is 13.2 Å². The number of hydrogen-bond acceptors (Lipinski definition) is 1. The molecule has 3 heteroatoms. The Morgan fingerprint density at radius 2 is 2.20 bits per heavy atom. The van der Waals surface area contributed by atoms with Crippen molar-refractivity contribution >= 4 is 11.6 Å². The molecule has 1 rings (SSSR count). The van der Waals surface area contributed by atoms with Gasteiger partial charge >= 0.3 is 0 Å². The molecule has 0 unspecified atom stereocenters. The standard InChI is InChI=1S/C7H6ClO2/c1-10-6-4-2-3-5(9)7(6)8/h2-4H,1H3. The van der Waals surface area contributed by atoms with E-state index in [2.05, 4.69) is 0 Å². The highest BCUT2D eigenvalue weighted by molar-refractivity contribution is 6.33. The lowest BCUT2D eigenvalue weighted by Gasteiger charge is -2.00. The van der Waals surface area contributed by atoms with Crippen LogP contribution >= 0.6 is 11.6 Å². The monoisotopic (exact) mass is 157 g/mol. The predicted molar refractivity (Wildman–Crippen MR) is 38.1 cm³/mol. The number of ether oxygens (including phenoxy) is 1. The minimum Gasteiger partial charge on any atom is -0.495 e. The second-order valence-corrected chi connectivity index (χ2v) is 2.15. The van der Waals surface area contributed by atoms with Crippen LogP contribution in [0.15, 0.2) is 18.2 Å². The summed E-state index contributed by atoms with van der Waals surface area (Å²) in [5, 5.41) is 10.9. The molecule has 1 aromatic carbocycles. The first-order valence-corrected chi connectivity index (χ1v) is 3.13. The molecule has 0 spiro atoms. The average molecular weight is 158 g/mol. The molecule has 0 amide bonds. The van der Waals surface area contributed by atoms with Gasteiger partial charge < -0.3 is 4.74 Å². The van der Waals surface area contributed by atoms with Crippen LogP contribution < -0.4 is 4.74 Å². The molecule has 0 atom stereocenters. The Hall–Kier alpha value is -0.890. The minimum atomic E-state index is -0.207. The van der Waals surface area contributed by atoms with Crippen LogP contribution in [0.5, 0.6) is 11.5 Å². The number of halogens is 1. The zero-order valence-electron chi connectivity index (χ0n) is 5.43. The third-order valence-electron chi connectivity index (χ3n) is 1.15. The Morgan fingerprint density at radius 1 is 1.50 bits per heavy atom. The first-order chi connectivity index (χ1) is 4.75. The second kappa shape index (κ2) is 2.80. The summed E-state index contributed by atoms with van der Waals surface area (Å²) in [7, 11) is 1.47. The third-order valence-corrected chi connectivity index (χ3v) is 1.52. The molecule has 1 aromatic rings. The Labute approximate surface area is 64.0 Å². The van der Waals surface area contributed by atoms with E-state index in [1.807, 2.05) is 0 Å². The molecule has 0 aliphatic carbocycles. The molecule has 10 heavy (non-hydrogen) atoms. The quantitative estimate of drug-likeness (QED) is 0.616. The fourth-order valence-corrected chi connectivity index (χ4v) is 0.851. The van der Waals surface area contributed by atoms with Gasteiger partial charge in [-0.2, -0.15) is 0 Å². The molecule has 0 aromatic heterocycles. The Bertz CT molecular complexity index is 235. The highest BCUT2D eigenvalue weighted by Gasteiger charge is 2.04. The zero-order chi connectivity index (χ0) is 7.56. The molecule has 0 saturated heterocycles. The van der Waals surface area contributed by atoms with E-state index in [1.54, 1.807) is 12.1 Å². The summed E-state index contributed by atoms with van der Waals surface area (Å²) in [5.74, 6) is 0.218. The molecule has 0 aliphatic heterocycles. The van der Waals surface area contributed by atoms with Crippen molar-refractivity contribution in [2.24, 2.45) is 0 Å². The molecule has 2 nitrogen and oxygen atoms in total. The van der Waals surface area contributed by atoms with E-state index in [4.69, 9.17) is 16.3 Å². The predicted octanol–water partition coefficient (Wildman–Crippen LogP) is 2.49. The molecule has 0 bridgehead atoms. The van der Waals surface area contributed by atoms with Gasteiger partial charge in [-0.25, -0.2) is 0 Å². The van der Waals surface area contributed by atoms with Gasteiger partial charge in [0.15, 0.2) is 0 Å². The van der Waals surface area contributed by atoms with Crippen molar-refractivity contribution in [1.29, 1.82) is 0 Å². The Balaban J connectivity index is 3.14. The van der Waals surface area contributed by atoms with Gasteiger partial charge in [0.25, 0.3) is 0 Å². The van der Waals surface area contributed by atoms with Crippen LogP contribution in [-0.2, 0) is 5.11 Å². The summed E-state index contributed by atoms with van der Waals surface area (Å²) in [6.45, 7) is 0. The fourth-order valence-electron chi connectivity index (χ4n) is 0.648. The van der Waals surface area contributed by atoms with Gasteiger partial charge in [0.05, 0.1) is 7.11 Å². The molecular weight excluding hydrogens is 152 g/mol. The number of benzene rings is 1. The van der Waals surface area contributed by atoms with E-state index >= 15 is 0 Å². The van der Waals surface area contributed by atoms with Crippen molar-refractivity contribution in [3.05, 3.63) is 23.2 Å². The van der Waals surface area contributed by atoms with Gasteiger partial charge in [-0.1, -0.05) is 17.7 Å². The summed E-state index contributed by atoms with van der Waals surface area (Å²) in [4.78, 5) is 0. The first kappa shape index (κ1) is 7.22. The van der Waals surface area contributed by atoms with Crippen molar-refractivity contribution in [2.45, 2.75) is 0 Å². The maximum absolute atomic E-state index is 10.8. The van der Waals surface area contributed by atoms with Gasteiger partial charge in [-0.05, 0) is 12.1 Å². The number of rotatable bonds is 1. The van der Waals surface area contributed by atoms with Crippen LogP contribution in [0.2, 0.25) is 5.02 Å². The summed E-state index contributed by atoms with van der Waals surface area (Å²) < 4.78 is 4.79. The molecule has 0 aliphatic rings. The molecule has 0 saturated carbocycles. The molecule has 0 heterocycles. The highest BCUT2D eigenvalue weighted by atomic mass is 35.5. The summed E-state index contributed by atoms with van der Waals surface area (Å²) in [6, 6.07) is 4.64. The molecule has 1 radical (unpaired) electrons. The average Bonchev–Trinajstić information content (AvgIpc) is 1.95. The number of hydrogen-bond donors (Lipinski definition) is 0. The summed E-state index contributed by atoms with van der Waals surface area (Å²) >= 11 is 5.56. The van der Waals surface area contributed by atoms with E-state index in [9.17, 15) is 5.11 Å². The Kier molecular flexibility index (Phi) is 2.02. The Morgan fingerprint density at radius 3 is 2.70 bits per heavy atom. The SMILES string of the molecule is COc1cccc([O])c1Cl. The molecule has 0 fully saturated rings. The van der Waals surface area contributed by atoms with E-state index in [-0.39, 0.29) is 10.8 Å². The molecule has 53 valence electrons. The third kappa shape index (κ3) is 1.16. The summed E-state index contributed by atoms with van der Waals surface area (Å²) in [6.07, 6.45) is 0. The largest absolute Gasteiger partial charge is 0.495 e. The van der Waals surface area contributed by atoms with Crippen LogP contribution in [0, 0.1) is 0 Å². The smallest absolute Gasteiger partial charge is 0.200 e. The lowest BCUT2D eigenvalue weighted by Crippen LogP contribution is -1.82. The lowest BCUT2D eigenvalue weighted by molar-refractivity contribution is 0.349. The topological polar surface area (TPSA) is 29.1 Å². The number of methoxy groups -OCH3 is 1. The van der Waals surface area contributed by atoms with Gasteiger partial charge in [0, 0.05) is 0 Å². The van der Waals surface area contributed by atoms with Gasteiger partial charge in [0.2, 0.25) is 5.75 Å². The van der Waals surface area contributed by atoms with Crippen molar-refractivity contribution in [3.8, 4) is 11.5 Å². The normalized spacial score (nSPS) is 9.40. The highest BCUT2D eigenvalue weighted by Crippen LogP contribution is 2.32. The maximum atomic E-state index is 10.8. The van der Waals surface area contributed by atoms with Gasteiger partial charge in [-0.15, -0.1) is 0 Å². The molecule has 0 N–H and O–H groups in total. The van der Waals surface area contributed by atoms with Gasteiger partial charge in [0.1, 0.15) is 10.8 Å². The fraction of sp³-hybridized carbons (Fsp3) is 0.143. The summed E-state index contributed by atoms with van der Waals surface area (Å²) in [5.41, 5.74) is 0. The lowest BCUT2D eigenvalue weighted by atomic mass is 10.3. The van der Waals surface area contributed by atoms with Gasteiger partial charge in [-0.3, -0.25) is 5.11 Å². The van der Waals surface area contributed by atoms with Crippen molar-refractivity contribution in [1.82, 2.24) is 0 Å².